The summed E-state index contributed by atoms with van der Waals surface area (Å²) in [5.41, 5.74) is -0.0345. The number of nitriles is 1. The summed E-state index contributed by atoms with van der Waals surface area (Å²) in [7, 11) is 0. The first-order valence-corrected chi connectivity index (χ1v) is 6.73. The van der Waals surface area contributed by atoms with Gasteiger partial charge < -0.3 is 9.47 Å². The third-order valence-corrected chi connectivity index (χ3v) is 2.82. The van der Waals surface area contributed by atoms with Crippen LogP contribution in [0, 0.1) is 21.4 Å². The van der Waals surface area contributed by atoms with Crippen LogP contribution in [0.25, 0.3) is 0 Å². The lowest BCUT2D eigenvalue weighted by Crippen LogP contribution is -1.95. The van der Waals surface area contributed by atoms with Crippen LogP contribution >= 0.6 is 0 Å². The van der Waals surface area contributed by atoms with E-state index in [0.717, 1.165) is 12.2 Å². The maximum Gasteiger partial charge on any atom is 0.271 e. The van der Waals surface area contributed by atoms with Gasteiger partial charge in [-0.15, -0.1) is 0 Å². The number of benzene rings is 2. The molecule has 0 aliphatic heterocycles. The van der Waals surface area contributed by atoms with Crippen molar-refractivity contribution in [3.63, 3.8) is 0 Å². The quantitative estimate of drug-likeness (QED) is 0.593. The second-order valence-corrected chi connectivity index (χ2v) is 4.47. The topological polar surface area (TPSA) is 85.4 Å². The lowest BCUT2D eigenvalue weighted by molar-refractivity contribution is -0.384. The Labute approximate surface area is 127 Å². The van der Waals surface area contributed by atoms with Crippen molar-refractivity contribution in [2.75, 3.05) is 6.61 Å². The Kier molecular flexibility index (Phi) is 4.94. The first kappa shape index (κ1) is 15.3. The van der Waals surface area contributed by atoms with Crippen molar-refractivity contribution in [1.29, 1.82) is 5.26 Å². The molecule has 0 fully saturated rings. The molecule has 0 saturated carbocycles. The molecule has 2 aromatic carbocycles. The van der Waals surface area contributed by atoms with Crippen LogP contribution < -0.4 is 9.47 Å². The van der Waals surface area contributed by atoms with E-state index < -0.39 is 4.92 Å². The average Bonchev–Trinajstić information content (AvgIpc) is 2.54. The molecule has 6 heteroatoms. The predicted octanol–water partition coefficient (Wildman–Crippen LogP) is 4.05. The first-order chi connectivity index (χ1) is 10.6. The summed E-state index contributed by atoms with van der Waals surface area (Å²) in [6.45, 7) is 2.66. The van der Waals surface area contributed by atoms with E-state index in [4.69, 9.17) is 14.7 Å². The van der Waals surface area contributed by atoms with Crippen LogP contribution in [0.3, 0.4) is 0 Å². The minimum Gasteiger partial charge on any atom is -0.494 e. The molecule has 22 heavy (non-hydrogen) atoms. The van der Waals surface area contributed by atoms with Crippen LogP contribution in [0.1, 0.15) is 18.9 Å². The molecule has 2 rings (SSSR count). The van der Waals surface area contributed by atoms with Gasteiger partial charge in [-0.1, -0.05) is 6.92 Å². The fraction of sp³-hybridized carbons (Fsp3) is 0.188. The Hall–Kier alpha value is -3.07. The van der Waals surface area contributed by atoms with Gasteiger partial charge in [-0.25, -0.2) is 0 Å². The van der Waals surface area contributed by atoms with Crippen molar-refractivity contribution < 1.29 is 14.4 Å². The van der Waals surface area contributed by atoms with Gasteiger partial charge in [-0.3, -0.25) is 10.1 Å². The van der Waals surface area contributed by atoms with Crippen molar-refractivity contribution >= 4 is 5.69 Å². The monoisotopic (exact) mass is 298 g/mol. The molecule has 6 nitrogen and oxygen atoms in total. The molecule has 0 saturated heterocycles. The van der Waals surface area contributed by atoms with Gasteiger partial charge in [0, 0.05) is 12.1 Å². The summed E-state index contributed by atoms with van der Waals surface area (Å²) >= 11 is 0. The van der Waals surface area contributed by atoms with Crippen LogP contribution in [0.2, 0.25) is 0 Å². The summed E-state index contributed by atoms with van der Waals surface area (Å²) in [5, 5.41) is 19.8. The summed E-state index contributed by atoms with van der Waals surface area (Å²) in [5.74, 6) is 1.53. The van der Waals surface area contributed by atoms with Gasteiger partial charge in [0.25, 0.3) is 5.69 Å². The third-order valence-electron chi connectivity index (χ3n) is 2.82. The Morgan fingerprint density at radius 2 is 1.86 bits per heavy atom. The molecule has 112 valence electrons. The molecule has 0 radical (unpaired) electrons. The van der Waals surface area contributed by atoms with Crippen LogP contribution in [0.4, 0.5) is 5.69 Å². The molecule has 0 amide bonds. The van der Waals surface area contributed by atoms with Crippen molar-refractivity contribution in [2.45, 2.75) is 13.3 Å². The first-order valence-electron chi connectivity index (χ1n) is 6.73. The summed E-state index contributed by atoms with van der Waals surface area (Å²) in [6.07, 6.45) is 0.923. The van der Waals surface area contributed by atoms with Gasteiger partial charge in [0.05, 0.1) is 11.5 Å². The summed E-state index contributed by atoms with van der Waals surface area (Å²) < 4.78 is 11.1. The van der Waals surface area contributed by atoms with Crippen molar-refractivity contribution in [2.24, 2.45) is 0 Å². The molecule has 0 heterocycles. The average molecular weight is 298 g/mol. The third kappa shape index (κ3) is 3.73. The van der Waals surface area contributed by atoms with Crippen molar-refractivity contribution in [1.82, 2.24) is 0 Å². The van der Waals surface area contributed by atoms with E-state index in [1.54, 1.807) is 24.3 Å². The predicted molar refractivity (Wildman–Crippen MR) is 80.1 cm³/mol. The van der Waals surface area contributed by atoms with E-state index >= 15 is 0 Å². The van der Waals surface area contributed by atoms with E-state index in [1.165, 1.54) is 18.2 Å². The minimum atomic E-state index is -0.551. The maximum atomic E-state index is 10.7. The van der Waals surface area contributed by atoms with Crippen LogP contribution in [-0.2, 0) is 0 Å². The molecular formula is C16H14N2O4. The van der Waals surface area contributed by atoms with Crippen LogP contribution in [-0.4, -0.2) is 11.5 Å². The highest BCUT2D eigenvalue weighted by molar-refractivity contribution is 5.51. The fourth-order valence-electron chi connectivity index (χ4n) is 1.76. The number of hydrogen-bond acceptors (Lipinski definition) is 5. The molecule has 0 aliphatic carbocycles. The lowest BCUT2D eigenvalue weighted by Gasteiger charge is -2.09. The van der Waals surface area contributed by atoms with E-state index in [9.17, 15) is 10.1 Å². The number of non-ortho nitro benzene ring substituents is 1. The van der Waals surface area contributed by atoms with Gasteiger partial charge in [0.1, 0.15) is 28.9 Å². The smallest absolute Gasteiger partial charge is 0.271 e. The molecule has 0 N–H and O–H groups in total. The Bertz CT molecular complexity index is 705. The Balaban J connectivity index is 2.16. The molecule has 0 aromatic heterocycles. The van der Waals surface area contributed by atoms with Crippen LogP contribution in [0.15, 0.2) is 42.5 Å². The zero-order valence-corrected chi connectivity index (χ0v) is 12.0. The van der Waals surface area contributed by atoms with E-state index in [1.807, 2.05) is 13.0 Å². The molecule has 0 spiro atoms. The number of nitrogens with zero attached hydrogens (tertiary/aromatic N) is 2. The van der Waals surface area contributed by atoms with E-state index in [2.05, 4.69) is 0 Å². The minimum absolute atomic E-state index is 0.112. The normalized spacial score (nSPS) is 9.82. The number of nitro benzene ring substituents is 1. The van der Waals surface area contributed by atoms with E-state index in [0.29, 0.717) is 12.4 Å². The molecule has 0 aliphatic rings. The highest BCUT2D eigenvalue weighted by Crippen LogP contribution is 2.29. The standard InChI is InChI=1S/C16H14N2O4/c1-2-9-21-14-4-6-15(7-5-14)22-16-8-3-13(18(19)20)10-12(16)11-17/h3-8,10H,2,9H2,1H3. The Morgan fingerprint density at radius 3 is 2.45 bits per heavy atom. The molecule has 0 unspecified atom stereocenters. The second-order valence-electron chi connectivity index (χ2n) is 4.47. The fourth-order valence-corrected chi connectivity index (χ4v) is 1.76. The highest BCUT2D eigenvalue weighted by atomic mass is 16.6. The zero-order chi connectivity index (χ0) is 15.9. The highest BCUT2D eigenvalue weighted by Gasteiger charge is 2.12. The molecule has 0 atom stereocenters. The van der Waals surface area contributed by atoms with Gasteiger partial charge in [-0.05, 0) is 36.8 Å². The largest absolute Gasteiger partial charge is 0.494 e. The number of nitro groups is 1. The lowest BCUT2D eigenvalue weighted by atomic mass is 10.2. The second kappa shape index (κ2) is 7.09. The van der Waals surface area contributed by atoms with Crippen molar-refractivity contribution in [3.8, 4) is 23.3 Å². The molecule has 2 aromatic rings. The summed E-state index contributed by atoms with van der Waals surface area (Å²) in [4.78, 5) is 10.2. The van der Waals surface area contributed by atoms with Gasteiger partial charge in [0.15, 0.2) is 0 Å². The van der Waals surface area contributed by atoms with Crippen LogP contribution in [0.5, 0.6) is 17.2 Å². The molecular weight excluding hydrogens is 284 g/mol. The van der Waals surface area contributed by atoms with E-state index in [-0.39, 0.29) is 17.0 Å². The van der Waals surface area contributed by atoms with Gasteiger partial charge in [-0.2, -0.15) is 5.26 Å². The Morgan fingerprint density at radius 1 is 1.18 bits per heavy atom. The maximum absolute atomic E-state index is 10.7. The number of ether oxygens (including phenoxy) is 2. The van der Waals surface area contributed by atoms with Gasteiger partial charge in [0.2, 0.25) is 0 Å². The molecule has 0 bridgehead atoms. The summed E-state index contributed by atoms with van der Waals surface area (Å²) in [6, 6.07) is 12.8. The number of rotatable bonds is 6. The SMILES string of the molecule is CCCOc1ccc(Oc2ccc([N+](=O)[O-])cc2C#N)cc1. The van der Waals surface area contributed by atoms with Crippen molar-refractivity contribution in [3.05, 3.63) is 58.1 Å². The zero-order valence-electron chi connectivity index (χ0n) is 12.0. The number of hydrogen-bond donors (Lipinski definition) is 0. The van der Waals surface area contributed by atoms with Gasteiger partial charge >= 0.3 is 0 Å².